The van der Waals surface area contributed by atoms with Crippen molar-refractivity contribution in [2.45, 2.75) is 37.8 Å². The van der Waals surface area contributed by atoms with E-state index in [1.807, 2.05) is 0 Å². The number of nitrogens with two attached hydrogens (primary N) is 1. The molecule has 4 atom stereocenters. The van der Waals surface area contributed by atoms with Crippen LogP contribution in [0, 0.1) is 11.8 Å². The highest BCUT2D eigenvalue weighted by Gasteiger charge is 2.40. The molecular formula is C10H21N3O2. The smallest absolute Gasteiger partial charge is 0.159 e. The number of nitrogens with one attached hydrogen (secondary N) is 2. The fourth-order valence-corrected chi connectivity index (χ4v) is 2.86. The Morgan fingerprint density at radius 2 is 1.93 bits per heavy atom. The van der Waals surface area contributed by atoms with Gasteiger partial charge in [0, 0.05) is 32.1 Å². The third-order valence-electron chi connectivity index (χ3n) is 3.69. The van der Waals surface area contributed by atoms with Gasteiger partial charge in [-0.3, -0.25) is 5.43 Å². The molecule has 4 unspecified atom stereocenters. The maximum absolute atomic E-state index is 5.94. The summed E-state index contributed by atoms with van der Waals surface area (Å²) in [5, 5.41) is 0. The van der Waals surface area contributed by atoms with Crippen LogP contribution in [0.15, 0.2) is 0 Å². The van der Waals surface area contributed by atoms with Crippen molar-refractivity contribution in [2.75, 3.05) is 14.2 Å². The zero-order valence-corrected chi connectivity index (χ0v) is 9.40. The van der Waals surface area contributed by atoms with Crippen LogP contribution in [0.5, 0.6) is 0 Å². The Morgan fingerprint density at radius 1 is 1.20 bits per heavy atom. The fraction of sp³-hybridized carbons (Fsp3) is 1.00. The minimum Gasteiger partial charge on any atom is -0.356 e. The van der Waals surface area contributed by atoms with E-state index >= 15 is 0 Å². The number of hydrazine groups is 1. The molecule has 1 aliphatic heterocycles. The number of methoxy groups -OCH3 is 2. The molecule has 2 fully saturated rings. The second-order valence-corrected chi connectivity index (χ2v) is 4.50. The summed E-state index contributed by atoms with van der Waals surface area (Å²) < 4.78 is 10.6. The van der Waals surface area contributed by atoms with Gasteiger partial charge in [-0.1, -0.05) is 0 Å². The lowest BCUT2D eigenvalue weighted by Gasteiger charge is -2.35. The average molecular weight is 215 g/mol. The number of fused-ring (bicyclic) bond motifs is 1. The van der Waals surface area contributed by atoms with Crippen LogP contribution in [0.25, 0.3) is 0 Å². The van der Waals surface area contributed by atoms with Gasteiger partial charge in [-0.2, -0.15) is 0 Å². The zero-order valence-electron chi connectivity index (χ0n) is 9.40. The predicted molar refractivity (Wildman–Crippen MR) is 56.7 cm³/mol. The largest absolute Gasteiger partial charge is 0.356 e. The van der Waals surface area contributed by atoms with E-state index in [1.54, 1.807) is 14.2 Å². The molecule has 0 amide bonds. The lowest BCUT2D eigenvalue weighted by molar-refractivity contribution is -0.147. The lowest BCUT2D eigenvalue weighted by atomic mass is 9.78. The van der Waals surface area contributed by atoms with Crippen LogP contribution in [0.2, 0.25) is 0 Å². The molecule has 0 aromatic carbocycles. The third kappa shape index (κ3) is 2.16. The van der Waals surface area contributed by atoms with Crippen LogP contribution in [0.3, 0.4) is 0 Å². The average Bonchev–Trinajstić information content (AvgIpc) is 2.62. The molecule has 0 radical (unpaired) electrons. The van der Waals surface area contributed by atoms with Gasteiger partial charge in [0.2, 0.25) is 0 Å². The van der Waals surface area contributed by atoms with Crippen molar-refractivity contribution >= 4 is 0 Å². The van der Waals surface area contributed by atoms with Gasteiger partial charge in [-0.05, 0) is 19.3 Å². The Labute approximate surface area is 90.6 Å². The molecule has 88 valence electrons. The molecule has 1 saturated carbocycles. The van der Waals surface area contributed by atoms with Crippen molar-refractivity contribution in [2.24, 2.45) is 17.6 Å². The Hall–Kier alpha value is -0.200. The third-order valence-corrected chi connectivity index (χ3v) is 3.69. The van der Waals surface area contributed by atoms with Crippen LogP contribution >= 0.6 is 0 Å². The Kier molecular flexibility index (Phi) is 3.58. The summed E-state index contributed by atoms with van der Waals surface area (Å²) in [5.41, 5.74) is 12.3. The summed E-state index contributed by atoms with van der Waals surface area (Å²) in [4.78, 5) is 0. The number of rotatable bonds is 3. The number of hydrogen-bond acceptors (Lipinski definition) is 5. The maximum atomic E-state index is 5.94. The molecule has 15 heavy (non-hydrogen) atoms. The van der Waals surface area contributed by atoms with Crippen molar-refractivity contribution in [3.63, 3.8) is 0 Å². The minimum absolute atomic E-state index is 0.0791. The maximum Gasteiger partial charge on any atom is 0.159 e. The topological polar surface area (TPSA) is 68.5 Å². The van der Waals surface area contributed by atoms with E-state index in [0.29, 0.717) is 17.9 Å². The molecule has 1 aliphatic carbocycles. The van der Waals surface area contributed by atoms with Crippen molar-refractivity contribution in [1.29, 1.82) is 0 Å². The molecule has 0 aromatic rings. The first-order chi connectivity index (χ1) is 7.26. The summed E-state index contributed by atoms with van der Waals surface area (Å²) in [7, 11) is 3.40. The molecule has 0 bridgehead atoms. The molecule has 5 heteroatoms. The van der Waals surface area contributed by atoms with Crippen LogP contribution in [0.1, 0.15) is 19.3 Å². The van der Waals surface area contributed by atoms with Gasteiger partial charge in [-0.25, -0.2) is 5.43 Å². The van der Waals surface area contributed by atoms with Gasteiger partial charge in [0.25, 0.3) is 0 Å². The summed E-state index contributed by atoms with van der Waals surface area (Å²) in [6.07, 6.45) is 3.35. The Morgan fingerprint density at radius 3 is 2.60 bits per heavy atom. The first kappa shape index (κ1) is 11.3. The lowest BCUT2D eigenvalue weighted by Crippen LogP contribution is -2.41. The summed E-state index contributed by atoms with van der Waals surface area (Å²) in [6.45, 7) is 0. The van der Waals surface area contributed by atoms with Gasteiger partial charge in [0.05, 0.1) is 6.17 Å². The molecule has 1 saturated heterocycles. The highest BCUT2D eigenvalue weighted by atomic mass is 16.7. The molecule has 2 aliphatic rings. The van der Waals surface area contributed by atoms with E-state index in [2.05, 4.69) is 10.9 Å². The van der Waals surface area contributed by atoms with Crippen LogP contribution in [-0.4, -0.2) is 32.7 Å². The van der Waals surface area contributed by atoms with E-state index in [-0.39, 0.29) is 12.5 Å². The quantitative estimate of drug-likeness (QED) is 0.568. The van der Waals surface area contributed by atoms with E-state index in [1.165, 1.54) is 0 Å². The highest BCUT2D eigenvalue weighted by molar-refractivity contribution is 4.93. The Balaban J connectivity index is 1.92. The summed E-state index contributed by atoms with van der Waals surface area (Å²) in [5.74, 6) is 1.02. The van der Waals surface area contributed by atoms with E-state index in [4.69, 9.17) is 15.2 Å². The molecule has 5 nitrogen and oxygen atoms in total. The van der Waals surface area contributed by atoms with Gasteiger partial charge >= 0.3 is 0 Å². The first-order valence-electron chi connectivity index (χ1n) is 5.58. The number of ether oxygens (including phenoxy) is 2. The molecular weight excluding hydrogens is 194 g/mol. The molecule has 4 N–H and O–H groups in total. The summed E-state index contributed by atoms with van der Waals surface area (Å²) in [6, 6.07) is 0.464. The number of hydrogen-bond donors (Lipinski definition) is 3. The predicted octanol–water partition coefficient (Wildman–Crippen LogP) is -0.217. The second kappa shape index (κ2) is 4.76. The van der Waals surface area contributed by atoms with Crippen molar-refractivity contribution < 1.29 is 9.47 Å². The van der Waals surface area contributed by atoms with Gasteiger partial charge in [0.15, 0.2) is 6.29 Å². The van der Waals surface area contributed by atoms with Crippen molar-refractivity contribution in [3.8, 4) is 0 Å². The normalized spacial score (nSPS) is 40.8. The molecule has 0 spiro atoms. The van der Waals surface area contributed by atoms with Gasteiger partial charge in [0.1, 0.15) is 0 Å². The van der Waals surface area contributed by atoms with E-state index < -0.39 is 0 Å². The molecule has 2 rings (SSSR count). The zero-order chi connectivity index (χ0) is 10.8. The van der Waals surface area contributed by atoms with Crippen LogP contribution < -0.4 is 16.6 Å². The second-order valence-electron chi connectivity index (χ2n) is 4.50. The molecule has 1 heterocycles. The van der Waals surface area contributed by atoms with Gasteiger partial charge in [-0.15, -0.1) is 0 Å². The van der Waals surface area contributed by atoms with Crippen LogP contribution in [0.4, 0.5) is 0 Å². The van der Waals surface area contributed by atoms with Gasteiger partial charge < -0.3 is 15.2 Å². The highest BCUT2D eigenvalue weighted by Crippen LogP contribution is 2.34. The van der Waals surface area contributed by atoms with E-state index in [0.717, 1.165) is 19.3 Å². The fourth-order valence-electron chi connectivity index (χ4n) is 2.86. The molecule has 0 aromatic heterocycles. The van der Waals surface area contributed by atoms with Crippen molar-refractivity contribution in [3.05, 3.63) is 0 Å². The van der Waals surface area contributed by atoms with Crippen molar-refractivity contribution in [1.82, 2.24) is 10.9 Å². The summed E-state index contributed by atoms with van der Waals surface area (Å²) >= 11 is 0. The monoisotopic (exact) mass is 215 g/mol. The SMILES string of the molecule is COC(OC)C1CCC2C(N)NNC2C1. The standard InChI is InChI=1S/C10H21N3O2/c1-14-10(15-2)6-3-4-7-8(5-6)12-13-9(7)11/h6-10,12-13H,3-5,11H2,1-2H3. The van der Waals surface area contributed by atoms with E-state index in [9.17, 15) is 0 Å². The minimum atomic E-state index is -0.0791. The first-order valence-corrected chi connectivity index (χ1v) is 5.58. The Bertz CT molecular complexity index is 211. The van der Waals surface area contributed by atoms with Crippen LogP contribution in [-0.2, 0) is 9.47 Å².